The Morgan fingerprint density at radius 2 is 2.00 bits per heavy atom. The molecular formula is C20H15FN2O3S. The SMILES string of the molecule is N#CC1=C2SC[C@@](O)(c3ccc(F)cc3)N2C(=O)C[C@H]1c1cccc(O)c1. The predicted molar refractivity (Wildman–Crippen MR) is 97.7 cm³/mol. The van der Waals surface area contributed by atoms with E-state index in [0.29, 0.717) is 21.7 Å². The summed E-state index contributed by atoms with van der Waals surface area (Å²) < 4.78 is 13.3. The van der Waals surface area contributed by atoms with Crippen molar-refractivity contribution >= 4 is 17.7 Å². The first kappa shape index (κ1) is 17.6. The van der Waals surface area contributed by atoms with Crippen LogP contribution in [0.15, 0.2) is 59.1 Å². The van der Waals surface area contributed by atoms with E-state index in [2.05, 4.69) is 6.07 Å². The Balaban J connectivity index is 1.81. The summed E-state index contributed by atoms with van der Waals surface area (Å²) in [4.78, 5) is 14.2. The van der Waals surface area contributed by atoms with Gasteiger partial charge in [0.1, 0.15) is 11.6 Å². The van der Waals surface area contributed by atoms with Gasteiger partial charge in [-0.2, -0.15) is 5.26 Å². The first-order valence-corrected chi connectivity index (χ1v) is 9.30. The maximum absolute atomic E-state index is 13.3. The lowest BCUT2D eigenvalue weighted by Gasteiger charge is -2.38. The van der Waals surface area contributed by atoms with Crippen molar-refractivity contribution < 1.29 is 19.4 Å². The predicted octanol–water partition coefficient (Wildman–Crippen LogP) is 3.17. The summed E-state index contributed by atoms with van der Waals surface area (Å²) in [5.74, 6) is -1.03. The smallest absolute Gasteiger partial charge is 0.231 e. The normalized spacial score (nSPS) is 24.7. The second-order valence-electron chi connectivity index (χ2n) is 6.52. The Kier molecular flexibility index (Phi) is 4.17. The highest BCUT2D eigenvalue weighted by Gasteiger charge is 2.51. The number of thioether (sulfide) groups is 1. The van der Waals surface area contributed by atoms with E-state index in [9.17, 15) is 24.7 Å². The van der Waals surface area contributed by atoms with Gasteiger partial charge in [-0.3, -0.25) is 9.69 Å². The van der Waals surface area contributed by atoms with Gasteiger partial charge in [0.05, 0.1) is 22.4 Å². The summed E-state index contributed by atoms with van der Waals surface area (Å²) in [5.41, 5.74) is -0.183. The Bertz CT molecular complexity index is 999. The van der Waals surface area contributed by atoms with E-state index in [1.807, 2.05) is 0 Å². The van der Waals surface area contributed by atoms with Crippen LogP contribution in [0.4, 0.5) is 4.39 Å². The topological polar surface area (TPSA) is 84.6 Å². The highest BCUT2D eigenvalue weighted by atomic mass is 32.2. The third-order valence-electron chi connectivity index (χ3n) is 4.89. The second-order valence-corrected chi connectivity index (χ2v) is 7.49. The molecule has 2 aromatic rings. The molecule has 0 spiro atoms. The molecule has 2 atom stereocenters. The van der Waals surface area contributed by atoms with Crippen LogP contribution in [0.3, 0.4) is 0 Å². The van der Waals surface area contributed by atoms with Crippen molar-refractivity contribution in [2.45, 2.75) is 18.1 Å². The van der Waals surface area contributed by atoms with Gasteiger partial charge in [-0.1, -0.05) is 24.3 Å². The molecule has 0 unspecified atom stereocenters. The van der Waals surface area contributed by atoms with Crippen LogP contribution < -0.4 is 0 Å². The van der Waals surface area contributed by atoms with Crippen LogP contribution in [0.2, 0.25) is 0 Å². The number of phenolic OH excluding ortho intramolecular Hbond substituents is 1. The van der Waals surface area contributed by atoms with Crippen molar-refractivity contribution in [3.05, 3.63) is 76.1 Å². The highest BCUT2D eigenvalue weighted by molar-refractivity contribution is 8.03. The quantitative estimate of drug-likeness (QED) is 0.833. The van der Waals surface area contributed by atoms with Gasteiger partial charge in [0.25, 0.3) is 0 Å². The monoisotopic (exact) mass is 382 g/mol. The lowest BCUT2D eigenvalue weighted by atomic mass is 9.85. The molecule has 27 heavy (non-hydrogen) atoms. The van der Waals surface area contributed by atoms with E-state index in [1.165, 1.54) is 53.1 Å². The standard InChI is InChI=1S/C20H15FN2O3S/c21-14-6-4-13(5-7-14)20(26)11-27-19-17(10-22)16(9-18(25)23(19)20)12-2-1-3-15(24)8-12/h1-8,16,24,26H,9,11H2/t16-,20+/m0/s1. The molecule has 0 radical (unpaired) electrons. The molecule has 136 valence electrons. The van der Waals surface area contributed by atoms with Crippen molar-refractivity contribution in [3.63, 3.8) is 0 Å². The molecule has 0 aliphatic carbocycles. The van der Waals surface area contributed by atoms with E-state index in [0.717, 1.165) is 0 Å². The van der Waals surface area contributed by atoms with Crippen molar-refractivity contribution in [2.24, 2.45) is 0 Å². The van der Waals surface area contributed by atoms with Crippen molar-refractivity contribution in [1.29, 1.82) is 5.26 Å². The second kappa shape index (κ2) is 6.41. The number of nitriles is 1. The first-order chi connectivity index (χ1) is 12.9. The number of halogens is 1. The molecule has 2 aliphatic heterocycles. The number of nitrogens with zero attached hydrogens (tertiary/aromatic N) is 2. The lowest BCUT2D eigenvalue weighted by molar-refractivity contribution is -0.149. The maximum Gasteiger partial charge on any atom is 0.231 e. The van der Waals surface area contributed by atoms with E-state index in [1.54, 1.807) is 12.1 Å². The molecule has 1 amide bonds. The van der Waals surface area contributed by atoms with Crippen LogP contribution in [-0.2, 0) is 10.5 Å². The van der Waals surface area contributed by atoms with Gasteiger partial charge in [0.15, 0.2) is 5.72 Å². The van der Waals surface area contributed by atoms with Crippen molar-refractivity contribution in [3.8, 4) is 11.8 Å². The summed E-state index contributed by atoms with van der Waals surface area (Å²) in [5, 5.41) is 31.1. The fourth-order valence-electron chi connectivity index (χ4n) is 3.58. The fraction of sp³-hybridized carbons (Fsp3) is 0.200. The van der Waals surface area contributed by atoms with Gasteiger partial charge in [-0.15, -0.1) is 11.8 Å². The van der Waals surface area contributed by atoms with Gasteiger partial charge in [0.2, 0.25) is 5.91 Å². The van der Waals surface area contributed by atoms with E-state index < -0.39 is 17.5 Å². The van der Waals surface area contributed by atoms with Crippen molar-refractivity contribution in [2.75, 3.05) is 5.75 Å². The minimum absolute atomic E-state index is 0.0000879. The number of rotatable bonds is 2. The van der Waals surface area contributed by atoms with Crippen LogP contribution in [0, 0.1) is 17.1 Å². The number of amides is 1. The summed E-state index contributed by atoms with van der Waals surface area (Å²) in [7, 11) is 0. The van der Waals surface area contributed by atoms with Crippen LogP contribution >= 0.6 is 11.8 Å². The van der Waals surface area contributed by atoms with Crippen LogP contribution in [0.5, 0.6) is 5.75 Å². The number of phenols is 1. The minimum Gasteiger partial charge on any atom is -0.508 e. The molecule has 1 fully saturated rings. The zero-order valence-electron chi connectivity index (χ0n) is 14.1. The number of fused-ring (bicyclic) bond motifs is 1. The zero-order valence-corrected chi connectivity index (χ0v) is 14.9. The molecule has 1 saturated heterocycles. The molecule has 2 N–H and O–H groups in total. The van der Waals surface area contributed by atoms with Gasteiger partial charge in [-0.25, -0.2) is 4.39 Å². The van der Waals surface area contributed by atoms with E-state index in [4.69, 9.17) is 0 Å². The first-order valence-electron chi connectivity index (χ1n) is 8.31. The summed E-state index contributed by atoms with van der Waals surface area (Å²) in [6.45, 7) is 0. The van der Waals surface area contributed by atoms with E-state index in [-0.39, 0.29) is 23.8 Å². The van der Waals surface area contributed by atoms with Crippen LogP contribution in [0.25, 0.3) is 0 Å². The number of aliphatic hydroxyl groups is 1. The molecule has 0 aromatic heterocycles. The Hall–Kier alpha value is -2.82. The minimum atomic E-state index is -1.63. The van der Waals surface area contributed by atoms with Gasteiger partial charge < -0.3 is 10.2 Å². The van der Waals surface area contributed by atoms with E-state index >= 15 is 0 Å². The third-order valence-corrected chi connectivity index (χ3v) is 6.11. The average molecular weight is 382 g/mol. The summed E-state index contributed by atoms with van der Waals surface area (Å²) in [6.07, 6.45) is -0.0000879. The Labute approximate surface area is 159 Å². The number of hydrogen-bond donors (Lipinski definition) is 2. The average Bonchev–Trinajstić information content (AvgIpc) is 3.01. The summed E-state index contributed by atoms with van der Waals surface area (Å²) >= 11 is 1.23. The molecule has 2 heterocycles. The molecule has 0 bridgehead atoms. The molecule has 7 heteroatoms. The molecule has 0 saturated carbocycles. The molecule has 5 nitrogen and oxygen atoms in total. The number of allylic oxidation sites excluding steroid dienone is 1. The zero-order chi connectivity index (χ0) is 19.2. The number of hydrogen-bond acceptors (Lipinski definition) is 5. The van der Waals surface area contributed by atoms with Gasteiger partial charge >= 0.3 is 0 Å². The molecule has 4 rings (SSSR count). The van der Waals surface area contributed by atoms with Crippen LogP contribution in [-0.4, -0.2) is 26.8 Å². The Morgan fingerprint density at radius 1 is 1.26 bits per heavy atom. The van der Waals surface area contributed by atoms with Crippen LogP contribution in [0.1, 0.15) is 23.5 Å². The highest BCUT2D eigenvalue weighted by Crippen LogP contribution is 2.51. The number of carbonyl (C=O) groups is 1. The Morgan fingerprint density at radius 3 is 2.67 bits per heavy atom. The third kappa shape index (κ3) is 2.78. The van der Waals surface area contributed by atoms with Crippen molar-refractivity contribution in [1.82, 2.24) is 4.90 Å². The number of aromatic hydroxyl groups is 1. The fourth-order valence-corrected chi connectivity index (χ4v) is 4.94. The summed E-state index contributed by atoms with van der Waals surface area (Å²) in [6, 6.07) is 14.0. The largest absolute Gasteiger partial charge is 0.508 e. The van der Waals surface area contributed by atoms with Gasteiger partial charge in [-0.05, 0) is 29.8 Å². The number of benzene rings is 2. The maximum atomic E-state index is 13.3. The number of carbonyl (C=O) groups excluding carboxylic acids is 1. The molecular weight excluding hydrogens is 367 g/mol. The molecule has 2 aromatic carbocycles. The van der Waals surface area contributed by atoms with Gasteiger partial charge in [0, 0.05) is 17.9 Å². The lowest BCUT2D eigenvalue weighted by Crippen LogP contribution is -2.48. The molecule has 2 aliphatic rings.